The molecule has 3 heteroatoms. The molecule has 0 spiro atoms. The monoisotopic (exact) mass is 274 g/mol. The molecule has 1 aliphatic rings. The van der Waals surface area contributed by atoms with Crippen LogP contribution in [0.3, 0.4) is 0 Å². The molecular formula is C16H22O2Si. The molecular weight excluding hydrogens is 252 g/mol. The number of hydrogen-bond acceptors (Lipinski definition) is 2. The Kier molecular flexibility index (Phi) is 4.85. The first-order chi connectivity index (χ1) is 9.26. The van der Waals surface area contributed by atoms with Gasteiger partial charge in [-0.3, -0.25) is 0 Å². The molecule has 0 fully saturated rings. The van der Waals surface area contributed by atoms with Crippen molar-refractivity contribution in [1.29, 1.82) is 0 Å². The zero-order valence-electron chi connectivity index (χ0n) is 11.9. The fourth-order valence-electron chi connectivity index (χ4n) is 2.64. The third-order valence-corrected chi connectivity index (χ3v) is 7.06. The van der Waals surface area contributed by atoms with Crippen molar-refractivity contribution in [2.75, 3.05) is 14.2 Å². The van der Waals surface area contributed by atoms with Gasteiger partial charge in [-0.05, 0) is 23.9 Å². The molecule has 0 heterocycles. The molecule has 1 aromatic carbocycles. The molecule has 2 atom stereocenters. The molecule has 2 rings (SSSR count). The van der Waals surface area contributed by atoms with Gasteiger partial charge >= 0.3 is 0 Å². The van der Waals surface area contributed by atoms with Gasteiger partial charge in [-0.25, -0.2) is 0 Å². The summed E-state index contributed by atoms with van der Waals surface area (Å²) in [5.74, 6) is 0. The maximum absolute atomic E-state index is 5.48. The fourth-order valence-corrected chi connectivity index (χ4v) is 5.20. The number of benzene rings is 1. The van der Waals surface area contributed by atoms with Crippen molar-refractivity contribution in [1.82, 2.24) is 0 Å². The standard InChI is InChI=1S/C16H22O2Si/c1-17-12-16(18-2)19(3)15-10-9-14(15)11-13-7-5-4-6-8-13/h4-9,12,15,19H,10-11H2,1-3H3. The second-order valence-corrected chi connectivity index (χ2v) is 7.98. The Morgan fingerprint density at radius 2 is 2.05 bits per heavy atom. The quantitative estimate of drug-likeness (QED) is 0.449. The van der Waals surface area contributed by atoms with Crippen LogP contribution < -0.4 is 0 Å². The molecule has 0 aliphatic heterocycles. The van der Waals surface area contributed by atoms with Gasteiger partial charge in [-0.2, -0.15) is 0 Å². The number of hydrogen-bond donors (Lipinski definition) is 0. The van der Waals surface area contributed by atoms with Crippen LogP contribution in [-0.2, 0) is 15.9 Å². The summed E-state index contributed by atoms with van der Waals surface area (Å²) >= 11 is 0. The first-order valence-electron chi connectivity index (χ1n) is 6.76. The van der Waals surface area contributed by atoms with Gasteiger partial charge in [0, 0.05) is 0 Å². The van der Waals surface area contributed by atoms with Crippen LogP contribution in [0.25, 0.3) is 0 Å². The molecule has 102 valence electrons. The molecule has 0 N–H and O–H groups in total. The van der Waals surface area contributed by atoms with Crippen LogP contribution in [0.1, 0.15) is 12.0 Å². The Morgan fingerprint density at radius 3 is 2.58 bits per heavy atom. The maximum atomic E-state index is 5.48. The molecule has 1 aromatic rings. The predicted molar refractivity (Wildman–Crippen MR) is 81.7 cm³/mol. The smallest absolute Gasteiger partial charge is 0.124 e. The highest BCUT2D eigenvalue weighted by Gasteiger charge is 2.31. The van der Waals surface area contributed by atoms with Crippen molar-refractivity contribution in [2.45, 2.75) is 24.9 Å². The van der Waals surface area contributed by atoms with Crippen molar-refractivity contribution >= 4 is 8.80 Å². The number of methoxy groups -OCH3 is 2. The molecule has 1 aliphatic carbocycles. The average Bonchev–Trinajstić information content (AvgIpc) is 2.42. The summed E-state index contributed by atoms with van der Waals surface area (Å²) in [6.45, 7) is 2.34. The topological polar surface area (TPSA) is 18.5 Å². The number of ether oxygens (including phenoxy) is 2. The highest BCUT2D eigenvalue weighted by molar-refractivity contribution is 6.67. The van der Waals surface area contributed by atoms with Gasteiger partial charge in [0.2, 0.25) is 0 Å². The lowest BCUT2D eigenvalue weighted by atomic mass is 9.92. The third-order valence-electron chi connectivity index (χ3n) is 3.88. The number of rotatable bonds is 6. The first-order valence-corrected chi connectivity index (χ1v) is 9.15. The third kappa shape index (κ3) is 3.29. The van der Waals surface area contributed by atoms with Crippen molar-refractivity contribution in [3.8, 4) is 0 Å². The lowest BCUT2D eigenvalue weighted by Crippen LogP contribution is -2.27. The minimum absolute atomic E-state index is 0.710. The Labute approximate surface area is 117 Å². The van der Waals surface area contributed by atoms with E-state index in [1.807, 2.05) is 0 Å². The zero-order valence-corrected chi connectivity index (χ0v) is 13.1. The van der Waals surface area contributed by atoms with Crippen LogP contribution in [-0.4, -0.2) is 23.0 Å². The molecule has 0 aromatic heterocycles. The number of allylic oxidation sites excluding steroid dienone is 2. The van der Waals surface area contributed by atoms with Crippen LogP contribution in [0.2, 0.25) is 12.1 Å². The van der Waals surface area contributed by atoms with Gasteiger partial charge in [0.25, 0.3) is 0 Å². The van der Waals surface area contributed by atoms with Crippen molar-refractivity contribution in [3.05, 3.63) is 59.2 Å². The van der Waals surface area contributed by atoms with Gasteiger partial charge < -0.3 is 9.47 Å². The zero-order chi connectivity index (χ0) is 13.7. The van der Waals surface area contributed by atoms with Crippen LogP contribution in [0.15, 0.2) is 53.6 Å². The van der Waals surface area contributed by atoms with Gasteiger partial charge in [-0.15, -0.1) is 0 Å². The van der Waals surface area contributed by atoms with Crippen LogP contribution in [0.5, 0.6) is 0 Å². The van der Waals surface area contributed by atoms with E-state index in [9.17, 15) is 0 Å². The molecule has 19 heavy (non-hydrogen) atoms. The van der Waals surface area contributed by atoms with E-state index >= 15 is 0 Å². The Balaban J connectivity index is 2.01. The highest BCUT2D eigenvalue weighted by atomic mass is 28.3. The van der Waals surface area contributed by atoms with E-state index in [1.165, 1.54) is 12.0 Å². The Bertz CT molecular complexity index is 465. The minimum Gasteiger partial charge on any atom is -0.503 e. The maximum Gasteiger partial charge on any atom is 0.124 e. The molecule has 0 radical (unpaired) electrons. The molecule has 2 unspecified atom stereocenters. The molecule has 2 nitrogen and oxygen atoms in total. The Hall–Kier alpha value is -1.48. The van der Waals surface area contributed by atoms with E-state index in [4.69, 9.17) is 9.47 Å². The lowest BCUT2D eigenvalue weighted by Gasteiger charge is -2.32. The molecule has 0 saturated heterocycles. The summed E-state index contributed by atoms with van der Waals surface area (Å²) in [4.78, 5) is 0. The van der Waals surface area contributed by atoms with E-state index < -0.39 is 8.80 Å². The molecule has 0 saturated carbocycles. The van der Waals surface area contributed by atoms with Crippen LogP contribution in [0.4, 0.5) is 0 Å². The van der Waals surface area contributed by atoms with Crippen LogP contribution in [0, 0.1) is 0 Å². The highest BCUT2D eigenvalue weighted by Crippen LogP contribution is 2.39. The van der Waals surface area contributed by atoms with Gasteiger partial charge in [0.15, 0.2) is 0 Å². The second-order valence-electron chi connectivity index (χ2n) is 5.03. The summed E-state index contributed by atoms with van der Waals surface area (Å²) < 4.78 is 10.6. The summed E-state index contributed by atoms with van der Waals surface area (Å²) in [6, 6.07) is 10.7. The van der Waals surface area contributed by atoms with Gasteiger partial charge in [-0.1, -0.05) is 48.5 Å². The van der Waals surface area contributed by atoms with E-state index in [1.54, 1.807) is 26.1 Å². The molecule has 0 amide bonds. The summed E-state index contributed by atoms with van der Waals surface area (Å²) in [5.41, 5.74) is 3.68. The van der Waals surface area contributed by atoms with Crippen molar-refractivity contribution in [3.63, 3.8) is 0 Å². The lowest BCUT2D eigenvalue weighted by molar-refractivity contribution is 0.269. The Morgan fingerprint density at radius 1 is 1.32 bits per heavy atom. The predicted octanol–water partition coefficient (Wildman–Crippen LogP) is 3.46. The van der Waals surface area contributed by atoms with Crippen molar-refractivity contribution in [2.24, 2.45) is 0 Å². The van der Waals surface area contributed by atoms with E-state index in [0.29, 0.717) is 5.54 Å². The van der Waals surface area contributed by atoms with E-state index in [-0.39, 0.29) is 0 Å². The van der Waals surface area contributed by atoms with E-state index in [2.05, 4.69) is 43.0 Å². The fraction of sp³-hybridized carbons (Fsp3) is 0.375. The summed E-state index contributed by atoms with van der Waals surface area (Å²) in [5, 5.41) is 1.06. The molecule has 0 bridgehead atoms. The van der Waals surface area contributed by atoms with Crippen molar-refractivity contribution < 1.29 is 9.47 Å². The van der Waals surface area contributed by atoms with Gasteiger partial charge in [0.05, 0.1) is 14.2 Å². The summed E-state index contributed by atoms with van der Waals surface area (Å²) in [6.07, 6.45) is 6.42. The summed E-state index contributed by atoms with van der Waals surface area (Å²) in [7, 11) is 2.33. The minimum atomic E-state index is -1.10. The van der Waals surface area contributed by atoms with E-state index in [0.717, 1.165) is 11.8 Å². The first kappa shape index (κ1) is 13.9. The average molecular weight is 274 g/mol. The van der Waals surface area contributed by atoms with Gasteiger partial charge in [0.1, 0.15) is 20.4 Å². The largest absolute Gasteiger partial charge is 0.503 e. The SMILES string of the molecule is COC=C(OC)[SiH](C)C1CC=C1Cc1ccccc1. The second kappa shape index (κ2) is 6.62. The van der Waals surface area contributed by atoms with Crippen LogP contribution >= 0.6 is 0 Å². The normalized spacial score (nSPS) is 20.3.